The maximum atomic E-state index is 6.13. The highest BCUT2D eigenvalue weighted by atomic mass is 35.5. The number of rotatable bonds is 6. The standard InChI is InChI=1S/C13H17ClN2S/c14-10-6-5-7-11-13(10)17-12(16-11)8-3-1-2-4-9-15/h5-7H,1-4,8-9,15H2. The van der Waals surface area contributed by atoms with Crippen molar-refractivity contribution in [3.63, 3.8) is 0 Å². The number of halogens is 1. The molecule has 1 heterocycles. The Morgan fingerprint density at radius 1 is 1.18 bits per heavy atom. The molecule has 2 nitrogen and oxygen atoms in total. The zero-order valence-electron chi connectivity index (χ0n) is 9.79. The highest BCUT2D eigenvalue weighted by Gasteiger charge is 2.06. The lowest BCUT2D eigenvalue weighted by atomic mass is 10.1. The normalized spacial score (nSPS) is 11.2. The molecular formula is C13H17ClN2S. The van der Waals surface area contributed by atoms with Crippen LogP contribution in [-0.2, 0) is 6.42 Å². The van der Waals surface area contributed by atoms with Crippen molar-refractivity contribution in [1.82, 2.24) is 4.98 Å². The fraction of sp³-hybridized carbons (Fsp3) is 0.462. The summed E-state index contributed by atoms with van der Waals surface area (Å²) in [6.45, 7) is 0.802. The van der Waals surface area contributed by atoms with Crippen molar-refractivity contribution in [3.8, 4) is 0 Å². The number of benzene rings is 1. The number of aromatic nitrogens is 1. The average Bonchev–Trinajstić information content (AvgIpc) is 2.73. The van der Waals surface area contributed by atoms with E-state index in [2.05, 4.69) is 4.98 Å². The molecule has 4 heteroatoms. The number of unbranched alkanes of at least 4 members (excludes halogenated alkanes) is 3. The third-order valence-corrected chi connectivity index (χ3v) is 4.35. The predicted octanol–water partition coefficient (Wildman–Crippen LogP) is 4.01. The Bertz CT molecular complexity index is 481. The van der Waals surface area contributed by atoms with Crippen LogP contribution in [0.4, 0.5) is 0 Å². The van der Waals surface area contributed by atoms with Crippen LogP contribution in [0.2, 0.25) is 5.02 Å². The van der Waals surface area contributed by atoms with E-state index in [1.54, 1.807) is 11.3 Å². The number of thiazole rings is 1. The van der Waals surface area contributed by atoms with Gasteiger partial charge in [0.2, 0.25) is 0 Å². The average molecular weight is 269 g/mol. The molecule has 2 rings (SSSR count). The zero-order valence-corrected chi connectivity index (χ0v) is 11.4. The lowest BCUT2D eigenvalue weighted by Gasteiger charge is -1.97. The Balaban J connectivity index is 1.93. The van der Waals surface area contributed by atoms with Crippen molar-refractivity contribution in [2.45, 2.75) is 32.1 Å². The first kappa shape index (κ1) is 12.8. The van der Waals surface area contributed by atoms with E-state index in [1.807, 2.05) is 18.2 Å². The van der Waals surface area contributed by atoms with E-state index in [0.29, 0.717) is 0 Å². The fourth-order valence-corrected chi connectivity index (χ4v) is 3.14. The summed E-state index contributed by atoms with van der Waals surface area (Å²) in [7, 11) is 0. The van der Waals surface area contributed by atoms with E-state index in [9.17, 15) is 0 Å². The van der Waals surface area contributed by atoms with E-state index in [0.717, 1.165) is 34.6 Å². The molecule has 17 heavy (non-hydrogen) atoms. The molecule has 0 aliphatic heterocycles. The van der Waals surface area contributed by atoms with Gasteiger partial charge < -0.3 is 5.73 Å². The fourth-order valence-electron chi connectivity index (χ4n) is 1.84. The van der Waals surface area contributed by atoms with Gasteiger partial charge in [0, 0.05) is 0 Å². The molecule has 1 aromatic carbocycles. The molecule has 2 aromatic rings. The number of hydrogen-bond donors (Lipinski definition) is 1. The Morgan fingerprint density at radius 3 is 2.76 bits per heavy atom. The first-order valence-electron chi connectivity index (χ1n) is 6.05. The second-order valence-corrected chi connectivity index (χ2v) is 5.64. The van der Waals surface area contributed by atoms with Gasteiger partial charge in [0.15, 0.2) is 0 Å². The van der Waals surface area contributed by atoms with Gasteiger partial charge in [-0.3, -0.25) is 0 Å². The van der Waals surface area contributed by atoms with Gasteiger partial charge in [-0.25, -0.2) is 4.98 Å². The smallest absolute Gasteiger partial charge is 0.0939 e. The van der Waals surface area contributed by atoms with Crippen molar-refractivity contribution < 1.29 is 0 Å². The molecule has 0 saturated carbocycles. The molecule has 0 spiro atoms. The van der Waals surface area contributed by atoms with Gasteiger partial charge in [-0.2, -0.15) is 0 Å². The molecule has 0 fully saturated rings. The van der Waals surface area contributed by atoms with Crippen LogP contribution in [0, 0.1) is 0 Å². The summed E-state index contributed by atoms with van der Waals surface area (Å²) in [4.78, 5) is 4.60. The summed E-state index contributed by atoms with van der Waals surface area (Å²) >= 11 is 7.85. The van der Waals surface area contributed by atoms with E-state index >= 15 is 0 Å². The molecule has 0 atom stereocenters. The topological polar surface area (TPSA) is 38.9 Å². The minimum atomic E-state index is 0.802. The van der Waals surface area contributed by atoms with E-state index in [-0.39, 0.29) is 0 Å². The van der Waals surface area contributed by atoms with Crippen molar-refractivity contribution in [1.29, 1.82) is 0 Å². The number of nitrogens with two attached hydrogens (primary N) is 1. The van der Waals surface area contributed by atoms with E-state index in [1.165, 1.54) is 24.3 Å². The summed E-state index contributed by atoms with van der Waals surface area (Å²) in [6.07, 6.45) is 5.84. The molecular weight excluding hydrogens is 252 g/mol. The Hall–Kier alpha value is -0.640. The molecule has 1 aromatic heterocycles. The van der Waals surface area contributed by atoms with E-state index < -0.39 is 0 Å². The molecule has 0 radical (unpaired) electrons. The molecule has 0 saturated heterocycles. The largest absolute Gasteiger partial charge is 0.330 e. The first-order chi connectivity index (χ1) is 8.31. The summed E-state index contributed by atoms with van der Waals surface area (Å²) in [5, 5.41) is 2.01. The van der Waals surface area contributed by atoms with Crippen molar-refractivity contribution in [2.24, 2.45) is 5.73 Å². The van der Waals surface area contributed by atoms with Gasteiger partial charge in [-0.15, -0.1) is 11.3 Å². The molecule has 92 valence electrons. The number of aryl methyl sites for hydroxylation is 1. The van der Waals surface area contributed by atoms with Crippen LogP contribution in [0.5, 0.6) is 0 Å². The third-order valence-electron chi connectivity index (χ3n) is 2.76. The van der Waals surface area contributed by atoms with Crippen LogP contribution >= 0.6 is 22.9 Å². The Morgan fingerprint density at radius 2 is 2.00 bits per heavy atom. The van der Waals surface area contributed by atoms with Crippen LogP contribution in [0.15, 0.2) is 18.2 Å². The van der Waals surface area contributed by atoms with Crippen molar-refractivity contribution in [2.75, 3.05) is 6.54 Å². The number of hydrogen-bond acceptors (Lipinski definition) is 3. The van der Waals surface area contributed by atoms with Crippen LogP contribution in [0.25, 0.3) is 10.2 Å². The van der Waals surface area contributed by atoms with Crippen molar-refractivity contribution >= 4 is 33.2 Å². The number of nitrogens with zero attached hydrogens (tertiary/aromatic N) is 1. The van der Waals surface area contributed by atoms with Gasteiger partial charge in [0.25, 0.3) is 0 Å². The summed E-state index contributed by atoms with van der Waals surface area (Å²) in [6, 6.07) is 5.90. The second-order valence-electron chi connectivity index (χ2n) is 4.15. The molecule has 0 aliphatic carbocycles. The molecule has 0 bridgehead atoms. The maximum absolute atomic E-state index is 6.13. The SMILES string of the molecule is NCCCCCCc1nc2cccc(Cl)c2s1. The zero-order chi connectivity index (χ0) is 12.1. The maximum Gasteiger partial charge on any atom is 0.0939 e. The number of fused-ring (bicyclic) bond motifs is 1. The quantitative estimate of drug-likeness (QED) is 0.804. The Labute approximate surface area is 111 Å². The third kappa shape index (κ3) is 3.41. The van der Waals surface area contributed by atoms with Gasteiger partial charge >= 0.3 is 0 Å². The predicted molar refractivity (Wildman–Crippen MR) is 75.9 cm³/mol. The summed E-state index contributed by atoms with van der Waals surface area (Å²) in [5.74, 6) is 0. The molecule has 0 amide bonds. The summed E-state index contributed by atoms with van der Waals surface area (Å²) in [5.41, 5.74) is 6.49. The Kier molecular flexibility index (Phi) is 4.77. The first-order valence-corrected chi connectivity index (χ1v) is 7.24. The van der Waals surface area contributed by atoms with Gasteiger partial charge in [-0.05, 0) is 37.9 Å². The van der Waals surface area contributed by atoms with Crippen LogP contribution in [-0.4, -0.2) is 11.5 Å². The minimum Gasteiger partial charge on any atom is -0.330 e. The second kappa shape index (κ2) is 6.34. The van der Waals surface area contributed by atoms with Crippen LogP contribution in [0.1, 0.15) is 30.7 Å². The molecule has 2 N–H and O–H groups in total. The van der Waals surface area contributed by atoms with Gasteiger partial charge in [-0.1, -0.05) is 30.5 Å². The van der Waals surface area contributed by atoms with Crippen LogP contribution in [0.3, 0.4) is 0 Å². The highest BCUT2D eigenvalue weighted by molar-refractivity contribution is 7.19. The highest BCUT2D eigenvalue weighted by Crippen LogP contribution is 2.29. The van der Waals surface area contributed by atoms with Gasteiger partial charge in [0.1, 0.15) is 0 Å². The monoisotopic (exact) mass is 268 g/mol. The molecule has 0 aliphatic rings. The lowest BCUT2D eigenvalue weighted by Crippen LogP contribution is -1.97. The summed E-state index contributed by atoms with van der Waals surface area (Å²) < 4.78 is 1.12. The van der Waals surface area contributed by atoms with Crippen LogP contribution < -0.4 is 5.73 Å². The lowest BCUT2D eigenvalue weighted by molar-refractivity contribution is 0.646. The van der Waals surface area contributed by atoms with Gasteiger partial charge in [0.05, 0.1) is 20.2 Å². The van der Waals surface area contributed by atoms with Crippen molar-refractivity contribution in [3.05, 3.63) is 28.2 Å². The minimum absolute atomic E-state index is 0.802. The molecule has 0 unspecified atom stereocenters. The van der Waals surface area contributed by atoms with E-state index in [4.69, 9.17) is 17.3 Å².